The van der Waals surface area contributed by atoms with Crippen molar-refractivity contribution in [3.8, 4) is 0 Å². The van der Waals surface area contributed by atoms with Gasteiger partial charge in [0.15, 0.2) is 5.60 Å². The Kier molecular flexibility index (Phi) is 2.95. The smallest absolute Gasteiger partial charge is 0.341 e. The van der Waals surface area contributed by atoms with Crippen LogP contribution < -0.4 is 0 Å². The van der Waals surface area contributed by atoms with Crippen molar-refractivity contribution in [3.63, 3.8) is 0 Å². The molecule has 2 atom stereocenters. The van der Waals surface area contributed by atoms with Gasteiger partial charge in [-0.1, -0.05) is 6.07 Å². The van der Waals surface area contributed by atoms with E-state index in [-0.39, 0.29) is 17.7 Å². The molecule has 0 bridgehead atoms. The summed E-state index contributed by atoms with van der Waals surface area (Å²) in [6, 6.07) is 3.07. The zero-order valence-corrected chi connectivity index (χ0v) is 9.71. The standard InChI is InChI=1S/C11H12F2O3S/c12-10(13)4-3-7(6-10)11(16,9(14)15)8-2-1-5-17-8/h1-2,5,7,16H,3-4,6H2,(H,14,15). The van der Waals surface area contributed by atoms with Crippen molar-refractivity contribution >= 4 is 17.3 Å². The Morgan fingerprint density at radius 2 is 2.29 bits per heavy atom. The fraction of sp³-hybridized carbons (Fsp3) is 0.545. The maximum absolute atomic E-state index is 13.1. The lowest BCUT2D eigenvalue weighted by Gasteiger charge is -2.28. The van der Waals surface area contributed by atoms with Crippen molar-refractivity contribution in [2.24, 2.45) is 5.92 Å². The molecule has 1 heterocycles. The van der Waals surface area contributed by atoms with E-state index in [0.717, 1.165) is 11.3 Å². The minimum atomic E-state index is -2.87. The maximum atomic E-state index is 13.1. The predicted octanol–water partition coefficient (Wildman–Crippen LogP) is 2.46. The van der Waals surface area contributed by atoms with Crippen LogP contribution in [-0.2, 0) is 10.4 Å². The summed E-state index contributed by atoms with van der Waals surface area (Å²) in [7, 11) is 0. The fourth-order valence-electron chi connectivity index (χ4n) is 2.28. The lowest BCUT2D eigenvalue weighted by atomic mass is 9.84. The summed E-state index contributed by atoms with van der Waals surface area (Å²) in [5.41, 5.74) is -2.19. The summed E-state index contributed by atoms with van der Waals surface area (Å²) in [4.78, 5) is 11.4. The number of halogens is 2. The second-order valence-corrected chi connectivity index (χ2v) is 5.29. The zero-order valence-electron chi connectivity index (χ0n) is 8.90. The van der Waals surface area contributed by atoms with Crippen molar-refractivity contribution in [1.29, 1.82) is 0 Å². The summed E-state index contributed by atoms with van der Waals surface area (Å²) in [6.07, 6.45) is -0.917. The number of carboxylic acids is 1. The molecule has 17 heavy (non-hydrogen) atoms. The molecule has 1 fully saturated rings. The van der Waals surface area contributed by atoms with Crippen LogP contribution in [0.15, 0.2) is 17.5 Å². The lowest BCUT2D eigenvalue weighted by molar-refractivity contribution is -0.167. The highest BCUT2D eigenvalue weighted by Crippen LogP contribution is 2.48. The molecule has 94 valence electrons. The number of hydrogen-bond acceptors (Lipinski definition) is 3. The first-order valence-electron chi connectivity index (χ1n) is 5.24. The normalized spacial score (nSPS) is 26.6. The quantitative estimate of drug-likeness (QED) is 0.879. The van der Waals surface area contributed by atoms with Crippen LogP contribution in [0.25, 0.3) is 0 Å². The number of aliphatic hydroxyl groups is 1. The van der Waals surface area contributed by atoms with Crippen LogP contribution in [0.2, 0.25) is 0 Å². The van der Waals surface area contributed by atoms with Gasteiger partial charge in [0, 0.05) is 23.6 Å². The highest BCUT2D eigenvalue weighted by Gasteiger charge is 2.54. The van der Waals surface area contributed by atoms with Crippen molar-refractivity contribution < 1.29 is 23.8 Å². The molecule has 0 spiro atoms. The summed E-state index contributed by atoms with van der Waals surface area (Å²) in [5, 5.41) is 21.0. The van der Waals surface area contributed by atoms with Gasteiger partial charge in [-0.05, 0) is 17.9 Å². The first kappa shape index (κ1) is 12.4. The first-order chi connectivity index (χ1) is 7.86. The van der Waals surface area contributed by atoms with E-state index in [0.29, 0.717) is 0 Å². The van der Waals surface area contributed by atoms with Crippen LogP contribution in [0.5, 0.6) is 0 Å². The van der Waals surface area contributed by atoms with Crippen LogP contribution in [0, 0.1) is 5.92 Å². The van der Waals surface area contributed by atoms with E-state index in [1.165, 1.54) is 6.07 Å². The van der Waals surface area contributed by atoms with Gasteiger partial charge in [0.05, 0.1) is 0 Å². The molecule has 0 amide bonds. The van der Waals surface area contributed by atoms with Gasteiger partial charge in [-0.2, -0.15) is 0 Å². The highest BCUT2D eigenvalue weighted by atomic mass is 32.1. The van der Waals surface area contributed by atoms with Gasteiger partial charge in [0.2, 0.25) is 5.92 Å². The summed E-state index contributed by atoms with van der Waals surface area (Å²) in [6.45, 7) is 0. The van der Waals surface area contributed by atoms with E-state index in [1.807, 2.05) is 0 Å². The molecule has 0 aromatic carbocycles. The van der Waals surface area contributed by atoms with Crippen molar-refractivity contribution in [1.82, 2.24) is 0 Å². The number of carboxylic acid groups (broad SMARTS) is 1. The Morgan fingerprint density at radius 1 is 1.59 bits per heavy atom. The summed E-state index contributed by atoms with van der Waals surface area (Å²) < 4.78 is 26.3. The minimum Gasteiger partial charge on any atom is -0.479 e. The Hall–Kier alpha value is -1.01. The van der Waals surface area contributed by atoms with Gasteiger partial charge in [-0.15, -0.1) is 11.3 Å². The average Bonchev–Trinajstić information content (AvgIpc) is 2.85. The van der Waals surface area contributed by atoms with Gasteiger partial charge in [0.1, 0.15) is 0 Å². The molecule has 2 N–H and O–H groups in total. The molecule has 2 rings (SSSR count). The van der Waals surface area contributed by atoms with E-state index in [2.05, 4.69) is 0 Å². The molecule has 2 unspecified atom stereocenters. The Morgan fingerprint density at radius 3 is 2.71 bits per heavy atom. The van der Waals surface area contributed by atoms with Gasteiger partial charge in [-0.25, -0.2) is 13.6 Å². The molecule has 1 aliphatic rings. The Labute approximate surface area is 101 Å². The molecule has 1 saturated carbocycles. The van der Waals surface area contributed by atoms with Crippen LogP contribution in [0.1, 0.15) is 24.1 Å². The largest absolute Gasteiger partial charge is 0.479 e. The molecule has 1 aromatic heterocycles. The number of thiophene rings is 1. The average molecular weight is 262 g/mol. The van der Waals surface area contributed by atoms with Crippen molar-refractivity contribution in [2.45, 2.75) is 30.8 Å². The van der Waals surface area contributed by atoms with E-state index in [4.69, 9.17) is 5.11 Å². The topological polar surface area (TPSA) is 57.5 Å². The maximum Gasteiger partial charge on any atom is 0.341 e. The number of hydrogen-bond donors (Lipinski definition) is 2. The molecule has 0 aliphatic heterocycles. The minimum absolute atomic E-state index is 0.0215. The van der Waals surface area contributed by atoms with E-state index in [1.54, 1.807) is 11.4 Å². The number of carbonyl (C=O) groups is 1. The number of rotatable bonds is 3. The Bertz CT molecular complexity index is 418. The molecular weight excluding hydrogens is 250 g/mol. The monoisotopic (exact) mass is 262 g/mol. The molecule has 3 nitrogen and oxygen atoms in total. The third kappa shape index (κ3) is 2.07. The molecule has 1 aromatic rings. The van der Waals surface area contributed by atoms with Gasteiger partial charge in [-0.3, -0.25) is 0 Å². The van der Waals surface area contributed by atoms with E-state index >= 15 is 0 Å². The fourth-order valence-corrected chi connectivity index (χ4v) is 3.18. The SMILES string of the molecule is O=C(O)C(O)(c1cccs1)C1CCC(F)(F)C1. The number of aliphatic carboxylic acids is 1. The summed E-state index contributed by atoms with van der Waals surface area (Å²) in [5.74, 6) is -5.26. The third-order valence-electron chi connectivity index (χ3n) is 3.22. The van der Waals surface area contributed by atoms with Crippen LogP contribution in [0.4, 0.5) is 8.78 Å². The van der Waals surface area contributed by atoms with E-state index in [9.17, 15) is 18.7 Å². The van der Waals surface area contributed by atoms with Crippen LogP contribution >= 0.6 is 11.3 Å². The number of alkyl halides is 2. The zero-order chi connectivity index (χ0) is 12.7. The predicted molar refractivity (Wildman–Crippen MR) is 58.1 cm³/mol. The van der Waals surface area contributed by atoms with Crippen LogP contribution in [-0.4, -0.2) is 22.1 Å². The van der Waals surface area contributed by atoms with E-state index < -0.39 is 29.8 Å². The molecular formula is C11H12F2O3S. The lowest BCUT2D eigenvalue weighted by Crippen LogP contribution is -2.42. The second kappa shape index (κ2) is 4.03. The van der Waals surface area contributed by atoms with Gasteiger partial charge < -0.3 is 10.2 Å². The molecule has 0 radical (unpaired) electrons. The Balaban J connectivity index is 2.34. The molecule has 6 heteroatoms. The highest BCUT2D eigenvalue weighted by molar-refractivity contribution is 7.10. The van der Waals surface area contributed by atoms with Crippen molar-refractivity contribution in [2.75, 3.05) is 0 Å². The molecule has 1 aliphatic carbocycles. The third-order valence-corrected chi connectivity index (χ3v) is 4.21. The van der Waals surface area contributed by atoms with Gasteiger partial charge >= 0.3 is 5.97 Å². The van der Waals surface area contributed by atoms with Crippen LogP contribution in [0.3, 0.4) is 0 Å². The molecule has 0 saturated heterocycles. The first-order valence-corrected chi connectivity index (χ1v) is 6.12. The summed E-state index contributed by atoms with van der Waals surface area (Å²) >= 11 is 1.07. The van der Waals surface area contributed by atoms with Crippen molar-refractivity contribution in [3.05, 3.63) is 22.4 Å². The second-order valence-electron chi connectivity index (χ2n) is 4.34. The van der Waals surface area contributed by atoms with Gasteiger partial charge in [0.25, 0.3) is 0 Å².